The maximum Gasteiger partial charge on any atom is 0.314 e. The molecule has 21 heavy (non-hydrogen) atoms. The van der Waals surface area contributed by atoms with Gasteiger partial charge in [0, 0.05) is 24.4 Å². The molecule has 0 spiro atoms. The van der Waals surface area contributed by atoms with Crippen LogP contribution in [-0.4, -0.2) is 24.1 Å². The minimum Gasteiger partial charge on any atom is -0.338 e. The zero-order valence-electron chi connectivity index (χ0n) is 12.6. The van der Waals surface area contributed by atoms with Crippen molar-refractivity contribution in [2.75, 3.05) is 13.1 Å². The van der Waals surface area contributed by atoms with Gasteiger partial charge in [-0.25, -0.2) is 9.78 Å². The fourth-order valence-corrected chi connectivity index (χ4v) is 3.63. The molecule has 0 radical (unpaired) electrons. The van der Waals surface area contributed by atoms with Gasteiger partial charge in [0.2, 0.25) is 0 Å². The molecule has 0 unspecified atom stereocenters. The van der Waals surface area contributed by atoms with Gasteiger partial charge in [-0.1, -0.05) is 6.92 Å². The van der Waals surface area contributed by atoms with Crippen LogP contribution in [0, 0.1) is 13.8 Å². The molecule has 0 saturated carbocycles. The van der Waals surface area contributed by atoms with Crippen LogP contribution in [0.4, 0.5) is 4.79 Å². The van der Waals surface area contributed by atoms with E-state index in [2.05, 4.69) is 46.3 Å². The zero-order valence-corrected chi connectivity index (χ0v) is 14.2. The number of thiophene rings is 1. The predicted molar refractivity (Wildman–Crippen MR) is 89.4 cm³/mol. The summed E-state index contributed by atoms with van der Waals surface area (Å²) in [5.41, 5.74) is 2.36. The van der Waals surface area contributed by atoms with Crippen molar-refractivity contribution >= 4 is 28.7 Å². The first-order valence-electron chi connectivity index (χ1n) is 7.03. The van der Waals surface area contributed by atoms with E-state index in [1.165, 1.54) is 10.4 Å². The van der Waals surface area contributed by atoms with Crippen molar-refractivity contribution in [3.05, 3.63) is 38.0 Å². The van der Waals surface area contributed by atoms with Crippen molar-refractivity contribution in [2.24, 2.45) is 0 Å². The number of nitrogens with zero attached hydrogens (tertiary/aromatic N) is 1. The summed E-state index contributed by atoms with van der Waals surface area (Å²) in [7, 11) is 0. The second-order valence-electron chi connectivity index (χ2n) is 5.09. The van der Waals surface area contributed by atoms with Crippen LogP contribution in [0.5, 0.6) is 0 Å². The summed E-state index contributed by atoms with van der Waals surface area (Å²) in [5.74, 6) is 0.339. The molecule has 2 N–H and O–H groups in total. The highest BCUT2D eigenvalue weighted by Crippen LogP contribution is 2.17. The van der Waals surface area contributed by atoms with Gasteiger partial charge in [0.1, 0.15) is 0 Å². The second-order valence-corrected chi connectivity index (χ2v) is 7.16. The molecule has 2 rings (SSSR count). The topological polar surface area (TPSA) is 54.0 Å². The number of aromatic nitrogens is 1. The standard InChI is InChI=1S/C15H21N3OS2/c1-10(13-5-7-20-9-13)8-17-15(19)16-6-4-14-18-11(2)12(3)21-14/h5,7,9-10H,4,6,8H2,1-3H3,(H2,16,17,19)/t10-/m0/s1. The number of carbonyl (C=O) groups is 1. The van der Waals surface area contributed by atoms with Crippen LogP contribution >= 0.6 is 22.7 Å². The summed E-state index contributed by atoms with van der Waals surface area (Å²) in [6.45, 7) is 7.47. The Hall–Kier alpha value is -1.40. The maximum absolute atomic E-state index is 11.7. The molecule has 114 valence electrons. The van der Waals surface area contributed by atoms with Gasteiger partial charge in [-0.2, -0.15) is 11.3 Å². The van der Waals surface area contributed by atoms with Gasteiger partial charge in [-0.15, -0.1) is 11.3 Å². The molecule has 2 heterocycles. The van der Waals surface area contributed by atoms with Crippen molar-refractivity contribution in [3.8, 4) is 0 Å². The van der Waals surface area contributed by atoms with Crippen molar-refractivity contribution in [3.63, 3.8) is 0 Å². The van der Waals surface area contributed by atoms with Gasteiger partial charge in [0.15, 0.2) is 0 Å². The first-order valence-corrected chi connectivity index (χ1v) is 8.79. The van der Waals surface area contributed by atoms with Crippen LogP contribution in [0.3, 0.4) is 0 Å². The first-order chi connectivity index (χ1) is 10.1. The summed E-state index contributed by atoms with van der Waals surface area (Å²) >= 11 is 3.38. The number of rotatable bonds is 6. The van der Waals surface area contributed by atoms with E-state index >= 15 is 0 Å². The van der Waals surface area contributed by atoms with Crippen molar-refractivity contribution in [1.82, 2.24) is 15.6 Å². The molecule has 0 aliphatic heterocycles. The Balaban J connectivity index is 1.65. The largest absolute Gasteiger partial charge is 0.338 e. The van der Waals surface area contributed by atoms with Crippen LogP contribution in [0.1, 0.15) is 34.0 Å². The highest BCUT2D eigenvalue weighted by molar-refractivity contribution is 7.11. The third kappa shape index (κ3) is 4.82. The quantitative estimate of drug-likeness (QED) is 0.855. The minimum atomic E-state index is -0.109. The summed E-state index contributed by atoms with van der Waals surface area (Å²) in [6.07, 6.45) is 0.785. The van der Waals surface area contributed by atoms with E-state index in [4.69, 9.17) is 0 Å². The molecule has 2 amide bonds. The molecule has 2 aromatic rings. The van der Waals surface area contributed by atoms with Crippen molar-refractivity contribution < 1.29 is 4.79 Å². The first kappa shape index (κ1) is 16.0. The number of carbonyl (C=O) groups excluding carboxylic acids is 1. The van der Waals surface area contributed by atoms with Gasteiger partial charge in [-0.05, 0) is 42.2 Å². The number of hydrogen-bond donors (Lipinski definition) is 2. The summed E-state index contributed by atoms with van der Waals surface area (Å²) < 4.78 is 0. The third-order valence-corrected chi connectivity index (χ3v) is 5.21. The van der Waals surface area contributed by atoms with Crippen molar-refractivity contribution in [2.45, 2.75) is 33.1 Å². The lowest BCUT2D eigenvalue weighted by molar-refractivity contribution is 0.240. The number of aryl methyl sites for hydroxylation is 2. The number of thiazole rings is 1. The van der Waals surface area contributed by atoms with Crippen LogP contribution in [0.15, 0.2) is 16.8 Å². The summed E-state index contributed by atoms with van der Waals surface area (Å²) in [4.78, 5) is 17.5. The average molecular weight is 323 g/mol. The Labute approximate surface area is 133 Å². The second kappa shape index (κ2) is 7.56. The van der Waals surface area contributed by atoms with Gasteiger partial charge < -0.3 is 10.6 Å². The molecule has 1 atom stereocenters. The number of hydrogen-bond acceptors (Lipinski definition) is 4. The lowest BCUT2D eigenvalue weighted by atomic mass is 10.1. The van der Waals surface area contributed by atoms with Gasteiger partial charge in [0.05, 0.1) is 10.7 Å². The molecule has 4 nitrogen and oxygen atoms in total. The van der Waals surface area contributed by atoms with E-state index in [-0.39, 0.29) is 6.03 Å². The van der Waals surface area contributed by atoms with E-state index in [0.717, 1.165) is 17.1 Å². The maximum atomic E-state index is 11.7. The molecular weight excluding hydrogens is 302 g/mol. The molecule has 0 aliphatic rings. The molecule has 0 saturated heterocycles. The Morgan fingerprint density at radius 1 is 1.38 bits per heavy atom. The molecule has 2 aromatic heterocycles. The fraction of sp³-hybridized carbons (Fsp3) is 0.467. The smallest absolute Gasteiger partial charge is 0.314 e. The zero-order chi connectivity index (χ0) is 15.2. The Morgan fingerprint density at radius 2 is 2.19 bits per heavy atom. The number of nitrogens with one attached hydrogen (secondary N) is 2. The lowest BCUT2D eigenvalue weighted by Gasteiger charge is -2.12. The van der Waals surface area contributed by atoms with Crippen LogP contribution < -0.4 is 10.6 Å². The normalized spacial score (nSPS) is 12.1. The Morgan fingerprint density at radius 3 is 2.81 bits per heavy atom. The monoisotopic (exact) mass is 323 g/mol. The lowest BCUT2D eigenvalue weighted by Crippen LogP contribution is -2.38. The molecule has 0 aliphatic carbocycles. The van der Waals surface area contributed by atoms with E-state index in [1.807, 2.05) is 6.92 Å². The van der Waals surface area contributed by atoms with E-state index in [9.17, 15) is 4.79 Å². The van der Waals surface area contributed by atoms with E-state index in [0.29, 0.717) is 19.0 Å². The predicted octanol–water partition coefficient (Wildman–Crippen LogP) is 3.47. The van der Waals surface area contributed by atoms with Crippen molar-refractivity contribution in [1.29, 1.82) is 0 Å². The molecule has 0 aromatic carbocycles. The van der Waals surface area contributed by atoms with Crippen LogP contribution in [0.2, 0.25) is 0 Å². The molecule has 6 heteroatoms. The van der Waals surface area contributed by atoms with E-state index < -0.39 is 0 Å². The van der Waals surface area contributed by atoms with Gasteiger partial charge in [0.25, 0.3) is 0 Å². The fourth-order valence-electron chi connectivity index (χ4n) is 1.91. The molecule has 0 fully saturated rings. The highest BCUT2D eigenvalue weighted by Gasteiger charge is 2.08. The number of urea groups is 1. The Kier molecular flexibility index (Phi) is 5.76. The van der Waals surface area contributed by atoms with Crippen LogP contribution in [0.25, 0.3) is 0 Å². The molecular formula is C15H21N3OS2. The summed E-state index contributed by atoms with van der Waals surface area (Å²) in [6, 6.07) is 1.99. The van der Waals surface area contributed by atoms with Gasteiger partial charge in [-0.3, -0.25) is 0 Å². The molecule has 0 bridgehead atoms. The van der Waals surface area contributed by atoms with Gasteiger partial charge >= 0.3 is 6.03 Å². The van der Waals surface area contributed by atoms with E-state index in [1.54, 1.807) is 22.7 Å². The minimum absolute atomic E-state index is 0.109. The highest BCUT2D eigenvalue weighted by atomic mass is 32.1. The summed E-state index contributed by atoms with van der Waals surface area (Å²) in [5, 5.41) is 11.1. The van der Waals surface area contributed by atoms with Crippen LogP contribution in [-0.2, 0) is 6.42 Å². The third-order valence-electron chi connectivity index (χ3n) is 3.38. The Bertz CT molecular complexity index is 558. The average Bonchev–Trinajstić information content (AvgIpc) is 3.07. The SMILES string of the molecule is Cc1nc(CCNC(=O)NC[C@H](C)c2ccsc2)sc1C. The number of amides is 2.